The molecule has 8 heteroatoms. The number of rotatable bonds is 2. The highest BCUT2D eigenvalue weighted by atomic mass is 19.2. The van der Waals surface area contributed by atoms with Crippen LogP contribution >= 0.6 is 0 Å². The van der Waals surface area contributed by atoms with Gasteiger partial charge in [0.1, 0.15) is 11.3 Å². The Morgan fingerprint density at radius 1 is 0.759 bits per heavy atom. The lowest BCUT2D eigenvalue weighted by molar-refractivity contribution is 0.381. The maximum atomic E-state index is 14.6. The first-order chi connectivity index (χ1) is 13.7. The average Bonchev–Trinajstić information content (AvgIpc) is 2.69. The fourth-order valence-corrected chi connectivity index (χ4v) is 3.25. The molecule has 2 aromatic carbocycles. The zero-order valence-corrected chi connectivity index (χ0v) is 15.2. The topological polar surface area (TPSA) is 40.2 Å². The molecular weight excluding hydrogens is 391 g/mol. The highest BCUT2D eigenvalue weighted by molar-refractivity contribution is 6.02. The minimum Gasteiger partial charge on any atom is -0.456 e. The van der Waals surface area contributed by atoms with Crippen LogP contribution in [0.2, 0.25) is 0 Å². The van der Waals surface area contributed by atoms with Gasteiger partial charge >= 0.3 is 0 Å². The van der Waals surface area contributed by atoms with E-state index in [1.54, 1.807) is 31.1 Å². The van der Waals surface area contributed by atoms with Crippen LogP contribution in [0.3, 0.4) is 0 Å². The SMILES string of the molecule is CN(C)c1ccc2c(-c3c(F)c(F)c(F)c(F)c3F)c3ccc(=N)cc-3oc2c1. The van der Waals surface area contributed by atoms with Crippen molar-refractivity contribution in [2.45, 2.75) is 0 Å². The summed E-state index contributed by atoms with van der Waals surface area (Å²) >= 11 is 0. The zero-order chi connectivity index (χ0) is 21.0. The maximum absolute atomic E-state index is 14.6. The smallest absolute Gasteiger partial charge is 0.200 e. The largest absolute Gasteiger partial charge is 0.456 e. The monoisotopic (exact) mass is 404 g/mol. The van der Waals surface area contributed by atoms with Crippen molar-refractivity contribution in [1.29, 1.82) is 5.41 Å². The van der Waals surface area contributed by atoms with Crippen molar-refractivity contribution in [3.63, 3.8) is 0 Å². The van der Waals surface area contributed by atoms with Crippen LogP contribution in [-0.2, 0) is 0 Å². The van der Waals surface area contributed by atoms with Crippen molar-refractivity contribution in [3.8, 4) is 22.5 Å². The second-order valence-electron chi connectivity index (χ2n) is 6.71. The second-order valence-corrected chi connectivity index (χ2v) is 6.71. The Bertz CT molecular complexity index is 1280. The fourth-order valence-electron chi connectivity index (χ4n) is 3.25. The molecule has 0 spiro atoms. The summed E-state index contributed by atoms with van der Waals surface area (Å²) in [7, 11) is 3.55. The van der Waals surface area contributed by atoms with Gasteiger partial charge in [-0.25, -0.2) is 22.0 Å². The average molecular weight is 404 g/mol. The van der Waals surface area contributed by atoms with E-state index in [1.165, 1.54) is 24.3 Å². The van der Waals surface area contributed by atoms with Crippen LogP contribution in [0, 0.1) is 34.5 Å². The van der Waals surface area contributed by atoms with Gasteiger partial charge in [0, 0.05) is 48.4 Å². The molecule has 2 aromatic rings. The summed E-state index contributed by atoms with van der Waals surface area (Å²) in [6.45, 7) is 0. The molecular formula is C21H13F5N2O. The van der Waals surface area contributed by atoms with E-state index in [4.69, 9.17) is 9.83 Å². The minimum absolute atomic E-state index is 0.0627. The third-order valence-corrected chi connectivity index (χ3v) is 4.68. The molecule has 1 N–H and O–H groups in total. The number of fused-ring (bicyclic) bond motifs is 2. The van der Waals surface area contributed by atoms with E-state index >= 15 is 0 Å². The Balaban J connectivity index is 2.24. The third kappa shape index (κ3) is 2.83. The summed E-state index contributed by atoms with van der Waals surface area (Å²) in [5.41, 5.74) is -0.240. The molecule has 3 nitrogen and oxygen atoms in total. The maximum Gasteiger partial charge on any atom is 0.200 e. The van der Waals surface area contributed by atoms with E-state index in [2.05, 4.69) is 0 Å². The first-order valence-corrected chi connectivity index (χ1v) is 8.45. The van der Waals surface area contributed by atoms with Crippen molar-refractivity contribution in [2.75, 3.05) is 19.0 Å². The van der Waals surface area contributed by atoms with Crippen LogP contribution in [0.1, 0.15) is 0 Å². The molecule has 1 heterocycles. The van der Waals surface area contributed by atoms with Gasteiger partial charge in [-0.3, -0.25) is 0 Å². The van der Waals surface area contributed by atoms with Crippen LogP contribution in [0.4, 0.5) is 27.6 Å². The Kier molecular flexibility index (Phi) is 4.29. The fraction of sp³-hybridized carbons (Fsp3) is 0.0952. The second kappa shape index (κ2) is 6.58. The summed E-state index contributed by atoms with van der Waals surface area (Å²) in [4.78, 5) is 1.76. The quantitative estimate of drug-likeness (QED) is 0.209. The van der Waals surface area contributed by atoms with Gasteiger partial charge in [-0.15, -0.1) is 0 Å². The van der Waals surface area contributed by atoms with Gasteiger partial charge in [0.2, 0.25) is 5.82 Å². The molecule has 0 bridgehead atoms. The molecule has 29 heavy (non-hydrogen) atoms. The lowest BCUT2D eigenvalue weighted by Crippen LogP contribution is -2.09. The van der Waals surface area contributed by atoms with Crippen molar-refractivity contribution in [2.24, 2.45) is 0 Å². The van der Waals surface area contributed by atoms with Gasteiger partial charge < -0.3 is 14.7 Å². The Hall–Kier alpha value is -3.42. The summed E-state index contributed by atoms with van der Waals surface area (Å²) in [5.74, 6) is -10.0. The molecule has 148 valence electrons. The molecule has 0 saturated carbocycles. The minimum atomic E-state index is -2.22. The Labute approximate surface area is 161 Å². The van der Waals surface area contributed by atoms with Crippen LogP contribution in [0.15, 0.2) is 40.8 Å². The molecule has 0 amide bonds. The standard InChI is InChI=1S/C21H13F5N2O/c1-28(2)10-4-6-12-14(8-10)29-13-7-9(27)3-5-11(13)15(12)16-17(22)19(24)21(26)20(25)18(16)23/h3-8,27H,1-2H3. The summed E-state index contributed by atoms with van der Waals surface area (Å²) < 4.78 is 76.4. The number of halogens is 5. The van der Waals surface area contributed by atoms with Crippen LogP contribution in [0.5, 0.6) is 0 Å². The number of nitrogens with one attached hydrogen (secondary N) is 1. The van der Waals surface area contributed by atoms with Gasteiger partial charge in [-0.05, 0) is 24.3 Å². The van der Waals surface area contributed by atoms with E-state index in [0.29, 0.717) is 5.69 Å². The number of anilines is 1. The first kappa shape index (κ1) is 18.9. The molecule has 0 atom stereocenters. The lowest BCUT2D eigenvalue weighted by atomic mass is 9.92. The molecule has 0 aromatic heterocycles. The van der Waals surface area contributed by atoms with Crippen LogP contribution < -0.4 is 10.3 Å². The number of nitrogens with zero attached hydrogens (tertiary/aromatic N) is 1. The van der Waals surface area contributed by atoms with Crippen molar-refractivity contribution >= 4 is 16.7 Å². The summed E-state index contributed by atoms with van der Waals surface area (Å²) in [6.07, 6.45) is 0. The van der Waals surface area contributed by atoms with E-state index < -0.39 is 34.6 Å². The number of hydrogen-bond acceptors (Lipinski definition) is 3. The highest BCUT2D eigenvalue weighted by Gasteiger charge is 2.30. The van der Waals surface area contributed by atoms with Gasteiger partial charge in [0.25, 0.3) is 0 Å². The van der Waals surface area contributed by atoms with Crippen molar-refractivity contribution in [3.05, 3.63) is 70.8 Å². The van der Waals surface area contributed by atoms with Crippen molar-refractivity contribution in [1.82, 2.24) is 0 Å². The van der Waals surface area contributed by atoms with E-state index in [0.717, 1.165) is 0 Å². The van der Waals surface area contributed by atoms with Crippen LogP contribution in [-0.4, -0.2) is 14.1 Å². The van der Waals surface area contributed by atoms with Gasteiger partial charge in [-0.2, -0.15) is 0 Å². The molecule has 0 unspecified atom stereocenters. The molecule has 0 saturated heterocycles. The molecule has 4 rings (SSSR count). The predicted molar refractivity (Wildman–Crippen MR) is 98.2 cm³/mol. The van der Waals surface area contributed by atoms with E-state index in [9.17, 15) is 22.0 Å². The van der Waals surface area contributed by atoms with E-state index in [1.807, 2.05) is 0 Å². The van der Waals surface area contributed by atoms with Crippen molar-refractivity contribution < 1.29 is 26.4 Å². The lowest BCUT2D eigenvalue weighted by Gasteiger charge is -2.19. The molecule has 2 aliphatic rings. The van der Waals surface area contributed by atoms with E-state index in [-0.39, 0.29) is 33.2 Å². The number of hydrogen-bond donors (Lipinski definition) is 1. The summed E-state index contributed by atoms with van der Waals surface area (Å²) in [6, 6.07) is 8.72. The Morgan fingerprint density at radius 2 is 1.38 bits per heavy atom. The van der Waals surface area contributed by atoms with Gasteiger partial charge in [-0.1, -0.05) is 0 Å². The predicted octanol–water partition coefficient (Wildman–Crippen LogP) is 5.45. The molecule has 1 aliphatic heterocycles. The molecule has 0 radical (unpaired) electrons. The molecule has 1 aliphatic carbocycles. The zero-order valence-electron chi connectivity index (χ0n) is 15.2. The number of benzene rings is 3. The molecule has 0 fully saturated rings. The highest BCUT2D eigenvalue weighted by Crippen LogP contribution is 2.43. The van der Waals surface area contributed by atoms with Gasteiger partial charge in [0.05, 0.1) is 10.9 Å². The Morgan fingerprint density at radius 3 is 2.00 bits per heavy atom. The first-order valence-electron chi connectivity index (χ1n) is 8.45. The normalized spacial score (nSPS) is 11.4. The van der Waals surface area contributed by atoms with Crippen LogP contribution in [0.25, 0.3) is 33.4 Å². The third-order valence-electron chi connectivity index (χ3n) is 4.68. The summed E-state index contributed by atoms with van der Waals surface area (Å²) in [5, 5.41) is 8.00. The van der Waals surface area contributed by atoms with Gasteiger partial charge in [0.15, 0.2) is 23.3 Å².